The number of carbonyl (C=O) groups excluding carboxylic acids is 2. The van der Waals surface area contributed by atoms with Crippen molar-refractivity contribution in [1.29, 1.82) is 0 Å². The lowest BCUT2D eigenvalue weighted by atomic mass is 10.1. The Morgan fingerprint density at radius 2 is 1.64 bits per heavy atom. The predicted octanol–water partition coefficient (Wildman–Crippen LogP) is 7.25. The molecule has 194 valence electrons. The molecule has 0 radical (unpaired) electrons. The number of hydrogen-bond donors (Lipinski definition) is 1. The first-order chi connectivity index (χ1) is 17.1. The summed E-state index contributed by atoms with van der Waals surface area (Å²) in [5, 5.41) is 4.50. The number of rotatable bonds is 12. The molecule has 3 rings (SSSR count). The molecule has 0 bridgehead atoms. The van der Waals surface area contributed by atoms with E-state index in [1.54, 1.807) is 35.9 Å². The quantitative estimate of drug-likeness (QED) is 0.200. The van der Waals surface area contributed by atoms with Crippen LogP contribution in [0, 0.1) is 6.92 Å². The molecule has 36 heavy (non-hydrogen) atoms. The summed E-state index contributed by atoms with van der Waals surface area (Å²) in [6.45, 7) is 9.84. The van der Waals surface area contributed by atoms with E-state index >= 15 is 0 Å². The number of methoxy groups -OCH3 is 1. The highest BCUT2D eigenvalue weighted by molar-refractivity contribution is 6.76. The van der Waals surface area contributed by atoms with Crippen LogP contribution in [0.4, 0.5) is 0 Å². The van der Waals surface area contributed by atoms with Crippen LogP contribution in [0.15, 0.2) is 42.5 Å². The number of ether oxygens (including phenoxy) is 1. The number of fused-ring (bicyclic) bond motifs is 1. The molecule has 7 heteroatoms. The largest absolute Gasteiger partial charge is 0.497 e. The van der Waals surface area contributed by atoms with E-state index < -0.39 is 8.07 Å². The maximum absolute atomic E-state index is 13.4. The average Bonchev–Trinajstić information content (AvgIpc) is 3.10. The van der Waals surface area contributed by atoms with E-state index in [9.17, 15) is 9.59 Å². The fraction of sp³-hybridized carbons (Fsp3) is 0.448. The number of amides is 1. The van der Waals surface area contributed by atoms with Crippen LogP contribution in [0.25, 0.3) is 10.9 Å². The van der Waals surface area contributed by atoms with E-state index in [-0.39, 0.29) is 18.2 Å². The lowest BCUT2D eigenvalue weighted by molar-refractivity contribution is -0.120. The lowest BCUT2D eigenvalue weighted by Crippen LogP contribution is -2.26. The minimum Gasteiger partial charge on any atom is -0.497 e. The van der Waals surface area contributed by atoms with Crippen molar-refractivity contribution in [2.24, 2.45) is 0 Å². The van der Waals surface area contributed by atoms with Crippen LogP contribution in [0.5, 0.6) is 5.75 Å². The zero-order valence-corrected chi connectivity index (χ0v) is 24.0. The Morgan fingerprint density at radius 3 is 2.31 bits per heavy atom. The first-order valence-corrected chi connectivity index (χ1v) is 16.9. The zero-order chi connectivity index (χ0) is 26.3. The van der Waals surface area contributed by atoms with E-state index in [1.165, 1.54) is 25.3 Å². The topological polar surface area (TPSA) is 60.3 Å². The summed E-state index contributed by atoms with van der Waals surface area (Å²) in [6.07, 6.45) is 6.16. The number of aromatic nitrogens is 1. The number of unbranched alkanes of at least 4 members (excludes halogenated alkanes) is 4. The van der Waals surface area contributed by atoms with Gasteiger partial charge in [-0.3, -0.25) is 14.2 Å². The molecule has 0 atom stereocenters. The molecule has 0 unspecified atom stereocenters. The van der Waals surface area contributed by atoms with Crippen LogP contribution in [-0.2, 0) is 11.2 Å². The highest BCUT2D eigenvalue weighted by atomic mass is 35.5. The Morgan fingerprint density at radius 1 is 0.972 bits per heavy atom. The first-order valence-electron chi connectivity index (χ1n) is 12.9. The van der Waals surface area contributed by atoms with Gasteiger partial charge in [-0.2, -0.15) is 0 Å². The third-order valence-electron chi connectivity index (χ3n) is 6.60. The van der Waals surface area contributed by atoms with Crippen molar-refractivity contribution < 1.29 is 14.3 Å². The lowest BCUT2D eigenvalue weighted by Gasteiger charge is -2.14. The van der Waals surface area contributed by atoms with Gasteiger partial charge in [0.1, 0.15) is 5.75 Å². The molecule has 1 amide bonds. The van der Waals surface area contributed by atoms with Gasteiger partial charge in [0, 0.05) is 36.3 Å². The maximum Gasteiger partial charge on any atom is 0.262 e. The second-order valence-corrected chi connectivity index (χ2v) is 16.8. The van der Waals surface area contributed by atoms with Gasteiger partial charge in [0.25, 0.3) is 5.91 Å². The second-order valence-electron chi connectivity index (χ2n) is 10.7. The fourth-order valence-corrected chi connectivity index (χ4v) is 5.99. The van der Waals surface area contributed by atoms with Gasteiger partial charge < -0.3 is 10.1 Å². The number of carbonyl (C=O) groups is 2. The Balaban J connectivity index is 1.67. The van der Waals surface area contributed by atoms with Crippen LogP contribution in [0.1, 0.15) is 53.7 Å². The monoisotopic (exact) mass is 526 g/mol. The molecule has 3 aromatic rings. The smallest absolute Gasteiger partial charge is 0.262 e. The number of nitrogens with zero attached hydrogens (tertiary/aromatic N) is 1. The standard InChI is InChI=1S/C29H39ClN2O3Si/c1-21-25(20-28(33)31-17-9-7-6-8-10-18-36(3,4)5)26-19-24(35-2)15-16-27(26)32(21)29(34)22-11-13-23(30)14-12-22/h11-16,19H,6-10,17-18,20H2,1-5H3,(H,31,33). The average molecular weight is 527 g/mol. The summed E-state index contributed by atoms with van der Waals surface area (Å²) >= 11 is 6.01. The minimum absolute atomic E-state index is 0.0300. The maximum atomic E-state index is 13.4. The molecule has 1 N–H and O–H groups in total. The predicted molar refractivity (Wildman–Crippen MR) is 152 cm³/mol. The number of benzene rings is 2. The molecule has 0 saturated carbocycles. The van der Waals surface area contributed by atoms with Crippen LogP contribution < -0.4 is 10.1 Å². The van der Waals surface area contributed by atoms with Gasteiger partial charge in [0.05, 0.1) is 19.0 Å². The number of hydrogen-bond acceptors (Lipinski definition) is 3. The van der Waals surface area contributed by atoms with Gasteiger partial charge >= 0.3 is 0 Å². The van der Waals surface area contributed by atoms with Crippen LogP contribution >= 0.6 is 11.6 Å². The summed E-state index contributed by atoms with van der Waals surface area (Å²) in [5.74, 6) is 0.507. The SMILES string of the molecule is COc1ccc2c(c1)c(CC(=O)NCCCCCCC[Si](C)(C)C)c(C)n2C(=O)c1ccc(Cl)cc1. The van der Waals surface area contributed by atoms with Crippen molar-refractivity contribution in [2.45, 2.75) is 71.1 Å². The van der Waals surface area contributed by atoms with E-state index in [2.05, 4.69) is 25.0 Å². The van der Waals surface area contributed by atoms with Gasteiger partial charge in [-0.25, -0.2) is 0 Å². The third-order valence-corrected chi connectivity index (χ3v) is 8.70. The molecule has 0 fully saturated rings. The van der Waals surface area contributed by atoms with Crippen LogP contribution in [-0.4, -0.2) is 38.1 Å². The second kappa shape index (κ2) is 12.6. The molecule has 5 nitrogen and oxygen atoms in total. The summed E-state index contributed by atoms with van der Waals surface area (Å²) in [5.41, 5.74) is 2.90. The fourth-order valence-electron chi connectivity index (χ4n) is 4.56. The molecule has 1 heterocycles. The number of halogens is 1. The summed E-state index contributed by atoms with van der Waals surface area (Å²) in [4.78, 5) is 26.3. The Hall–Kier alpha value is -2.57. The highest BCUT2D eigenvalue weighted by Gasteiger charge is 2.22. The Labute approximate surface area is 221 Å². The van der Waals surface area contributed by atoms with Crippen molar-refractivity contribution in [1.82, 2.24) is 9.88 Å². The molecule has 0 spiro atoms. The summed E-state index contributed by atoms with van der Waals surface area (Å²) in [7, 11) is 0.677. The Bertz CT molecular complexity index is 1200. The van der Waals surface area contributed by atoms with Gasteiger partial charge in [0.2, 0.25) is 5.91 Å². The van der Waals surface area contributed by atoms with E-state index in [0.29, 0.717) is 22.9 Å². The van der Waals surface area contributed by atoms with Crippen molar-refractivity contribution in [3.05, 3.63) is 64.3 Å². The molecule has 1 aromatic heterocycles. The molecule has 0 aliphatic rings. The van der Waals surface area contributed by atoms with Gasteiger partial charge in [-0.05, 0) is 61.4 Å². The van der Waals surface area contributed by atoms with Crippen molar-refractivity contribution in [3.63, 3.8) is 0 Å². The molecule has 0 aliphatic carbocycles. The third kappa shape index (κ3) is 7.47. The molecular weight excluding hydrogens is 488 g/mol. The molecule has 0 saturated heterocycles. The summed E-state index contributed by atoms with van der Waals surface area (Å²) in [6, 6.07) is 13.9. The zero-order valence-electron chi connectivity index (χ0n) is 22.2. The molecular formula is C29H39ClN2O3Si. The normalized spacial score (nSPS) is 11.6. The van der Waals surface area contributed by atoms with Crippen molar-refractivity contribution in [3.8, 4) is 5.75 Å². The van der Waals surface area contributed by atoms with Crippen LogP contribution in [0.2, 0.25) is 30.7 Å². The highest BCUT2D eigenvalue weighted by Crippen LogP contribution is 2.31. The van der Waals surface area contributed by atoms with Gasteiger partial charge in [-0.15, -0.1) is 0 Å². The van der Waals surface area contributed by atoms with Gasteiger partial charge in [-0.1, -0.05) is 63.0 Å². The van der Waals surface area contributed by atoms with Crippen molar-refractivity contribution >= 4 is 42.4 Å². The van der Waals surface area contributed by atoms with E-state index in [1.807, 2.05) is 25.1 Å². The first kappa shape index (κ1) is 28.0. The Kier molecular flexibility index (Phi) is 9.80. The number of nitrogens with one attached hydrogen (secondary N) is 1. The minimum atomic E-state index is -0.935. The molecule has 0 aliphatic heterocycles. The molecule has 2 aromatic carbocycles. The van der Waals surface area contributed by atoms with Crippen LogP contribution in [0.3, 0.4) is 0 Å². The van der Waals surface area contributed by atoms with Crippen molar-refractivity contribution in [2.75, 3.05) is 13.7 Å². The van der Waals surface area contributed by atoms with E-state index in [4.69, 9.17) is 16.3 Å². The van der Waals surface area contributed by atoms with E-state index in [0.717, 1.165) is 35.0 Å². The summed E-state index contributed by atoms with van der Waals surface area (Å²) < 4.78 is 7.10. The van der Waals surface area contributed by atoms with Gasteiger partial charge in [0.15, 0.2) is 0 Å².